The SMILES string of the molecule is Nc1[nH][nH]c(=O)c1-c1c(Cl)cccc1Cl. The lowest BCUT2D eigenvalue weighted by Gasteiger charge is -2.03. The van der Waals surface area contributed by atoms with Gasteiger partial charge in [0.2, 0.25) is 0 Å². The number of nitrogens with one attached hydrogen (secondary N) is 2. The fourth-order valence-electron chi connectivity index (χ4n) is 1.36. The smallest absolute Gasteiger partial charge is 0.274 e. The van der Waals surface area contributed by atoms with Crippen molar-refractivity contribution >= 4 is 29.0 Å². The number of H-pyrrole nitrogens is 2. The molecule has 78 valence electrons. The Balaban J connectivity index is 2.80. The van der Waals surface area contributed by atoms with Gasteiger partial charge in [-0.05, 0) is 12.1 Å². The summed E-state index contributed by atoms with van der Waals surface area (Å²) in [5, 5.41) is 5.66. The topological polar surface area (TPSA) is 74.7 Å². The highest BCUT2D eigenvalue weighted by Gasteiger charge is 2.16. The number of aromatic nitrogens is 2. The lowest BCUT2D eigenvalue weighted by Crippen LogP contribution is -2.03. The third kappa shape index (κ3) is 1.62. The summed E-state index contributed by atoms with van der Waals surface area (Å²) < 4.78 is 0. The van der Waals surface area contributed by atoms with Crippen molar-refractivity contribution in [1.82, 2.24) is 10.2 Å². The molecule has 0 aliphatic rings. The van der Waals surface area contributed by atoms with E-state index >= 15 is 0 Å². The summed E-state index contributed by atoms with van der Waals surface area (Å²) in [6, 6.07) is 4.99. The molecule has 0 unspecified atom stereocenters. The van der Waals surface area contributed by atoms with E-state index in [0.717, 1.165) is 0 Å². The van der Waals surface area contributed by atoms with Gasteiger partial charge in [-0.25, -0.2) is 0 Å². The molecule has 6 heteroatoms. The molecule has 0 amide bonds. The Hall–Kier alpha value is -1.39. The first-order valence-electron chi connectivity index (χ1n) is 4.11. The molecule has 0 bridgehead atoms. The van der Waals surface area contributed by atoms with Crippen LogP contribution in [0.2, 0.25) is 10.0 Å². The molecule has 15 heavy (non-hydrogen) atoms. The summed E-state index contributed by atoms with van der Waals surface area (Å²) in [6.07, 6.45) is 0. The van der Waals surface area contributed by atoms with Gasteiger partial charge in [0.25, 0.3) is 5.56 Å². The normalized spacial score (nSPS) is 10.5. The lowest BCUT2D eigenvalue weighted by atomic mass is 10.1. The average molecular weight is 244 g/mol. The number of hydrogen-bond donors (Lipinski definition) is 3. The molecule has 0 atom stereocenters. The maximum Gasteiger partial charge on any atom is 0.274 e. The highest BCUT2D eigenvalue weighted by Crippen LogP contribution is 2.34. The van der Waals surface area contributed by atoms with Gasteiger partial charge in [-0.15, -0.1) is 0 Å². The summed E-state index contributed by atoms with van der Waals surface area (Å²) in [7, 11) is 0. The van der Waals surface area contributed by atoms with Crippen LogP contribution >= 0.6 is 23.2 Å². The molecule has 0 aliphatic carbocycles. The van der Waals surface area contributed by atoms with Crippen LogP contribution in [0.5, 0.6) is 0 Å². The fraction of sp³-hybridized carbons (Fsp3) is 0. The minimum absolute atomic E-state index is 0.218. The van der Waals surface area contributed by atoms with Gasteiger partial charge in [0.05, 0.1) is 15.6 Å². The number of anilines is 1. The second kappa shape index (κ2) is 3.64. The van der Waals surface area contributed by atoms with E-state index in [0.29, 0.717) is 15.6 Å². The first kappa shape index (κ1) is 10.1. The molecule has 1 heterocycles. The molecule has 4 nitrogen and oxygen atoms in total. The zero-order valence-corrected chi connectivity index (χ0v) is 8.99. The number of nitrogens with two attached hydrogens (primary N) is 1. The zero-order chi connectivity index (χ0) is 11.0. The Labute approximate surface area is 95.0 Å². The van der Waals surface area contributed by atoms with Crippen LogP contribution in [-0.4, -0.2) is 10.2 Å². The minimum Gasteiger partial charge on any atom is -0.383 e. The van der Waals surface area contributed by atoms with E-state index in [9.17, 15) is 4.79 Å². The van der Waals surface area contributed by atoms with Gasteiger partial charge in [-0.2, -0.15) is 0 Å². The minimum atomic E-state index is -0.345. The molecule has 0 spiro atoms. The van der Waals surface area contributed by atoms with Gasteiger partial charge >= 0.3 is 0 Å². The molecular weight excluding hydrogens is 237 g/mol. The summed E-state index contributed by atoms with van der Waals surface area (Å²) in [4.78, 5) is 11.5. The fourth-order valence-corrected chi connectivity index (χ4v) is 1.94. The molecule has 2 aromatic rings. The standard InChI is InChI=1S/C9H7Cl2N3O/c10-4-2-1-3-5(11)6(4)7-8(12)13-14-9(7)15/h1-3H,(H4,12,13,14,15). The van der Waals surface area contributed by atoms with Crippen molar-refractivity contribution < 1.29 is 0 Å². The highest BCUT2D eigenvalue weighted by molar-refractivity contribution is 6.39. The Morgan fingerprint density at radius 1 is 1.07 bits per heavy atom. The molecule has 0 radical (unpaired) electrons. The average Bonchev–Trinajstić information content (AvgIpc) is 2.49. The van der Waals surface area contributed by atoms with Crippen molar-refractivity contribution in [1.29, 1.82) is 0 Å². The van der Waals surface area contributed by atoms with Crippen LogP contribution < -0.4 is 11.3 Å². The summed E-state index contributed by atoms with van der Waals surface area (Å²) in [5.74, 6) is 0.218. The van der Waals surface area contributed by atoms with Gasteiger partial charge < -0.3 is 5.73 Å². The van der Waals surface area contributed by atoms with Crippen LogP contribution in [0, 0.1) is 0 Å². The molecule has 1 aromatic carbocycles. The molecule has 0 aliphatic heterocycles. The summed E-state index contributed by atoms with van der Waals surface area (Å²) in [5.41, 5.74) is 5.98. The van der Waals surface area contributed by atoms with Crippen molar-refractivity contribution in [2.75, 3.05) is 5.73 Å². The third-order valence-corrected chi connectivity index (χ3v) is 2.65. The Bertz CT molecular complexity index is 538. The van der Waals surface area contributed by atoms with Crippen LogP contribution in [0.25, 0.3) is 11.1 Å². The van der Waals surface area contributed by atoms with Crippen molar-refractivity contribution in [3.63, 3.8) is 0 Å². The number of hydrogen-bond acceptors (Lipinski definition) is 2. The quantitative estimate of drug-likeness (QED) is 0.719. The van der Waals surface area contributed by atoms with Gasteiger partial charge in [0.1, 0.15) is 5.82 Å². The molecule has 0 saturated heterocycles. The van der Waals surface area contributed by atoms with E-state index < -0.39 is 0 Å². The number of halogens is 2. The van der Waals surface area contributed by atoms with Crippen LogP contribution in [-0.2, 0) is 0 Å². The van der Waals surface area contributed by atoms with Gasteiger partial charge in [-0.3, -0.25) is 15.0 Å². The summed E-state index contributed by atoms with van der Waals surface area (Å²) in [6.45, 7) is 0. The number of rotatable bonds is 1. The van der Waals surface area contributed by atoms with E-state index in [4.69, 9.17) is 28.9 Å². The number of benzene rings is 1. The van der Waals surface area contributed by atoms with Crippen LogP contribution in [0.15, 0.2) is 23.0 Å². The predicted molar refractivity (Wildman–Crippen MR) is 61.3 cm³/mol. The number of nitrogen functional groups attached to an aromatic ring is 1. The monoisotopic (exact) mass is 243 g/mol. The maximum absolute atomic E-state index is 11.5. The molecule has 1 aromatic heterocycles. The van der Waals surface area contributed by atoms with E-state index in [1.54, 1.807) is 18.2 Å². The molecule has 4 N–H and O–H groups in total. The molecule has 0 fully saturated rings. The van der Waals surface area contributed by atoms with Crippen molar-refractivity contribution in [3.05, 3.63) is 38.6 Å². The van der Waals surface area contributed by atoms with Crippen LogP contribution in [0.4, 0.5) is 5.82 Å². The number of aromatic amines is 2. The van der Waals surface area contributed by atoms with Gasteiger partial charge in [-0.1, -0.05) is 29.3 Å². The third-order valence-electron chi connectivity index (χ3n) is 2.02. The van der Waals surface area contributed by atoms with Gasteiger partial charge in [0, 0.05) is 5.56 Å². The molecule has 2 rings (SSSR count). The van der Waals surface area contributed by atoms with Crippen LogP contribution in [0.1, 0.15) is 0 Å². The summed E-state index contributed by atoms with van der Waals surface area (Å²) >= 11 is 11.9. The Morgan fingerprint density at radius 2 is 1.67 bits per heavy atom. The second-order valence-corrected chi connectivity index (χ2v) is 3.78. The van der Waals surface area contributed by atoms with Gasteiger partial charge in [0.15, 0.2) is 0 Å². The first-order chi connectivity index (χ1) is 7.11. The lowest BCUT2D eigenvalue weighted by molar-refractivity contribution is 1.06. The first-order valence-corrected chi connectivity index (χ1v) is 4.87. The Kier molecular flexibility index (Phi) is 2.46. The largest absolute Gasteiger partial charge is 0.383 e. The maximum atomic E-state index is 11.5. The highest BCUT2D eigenvalue weighted by atomic mass is 35.5. The molecular formula is C9H7Cl2N3O. The Morgan fingerprint density at radius 3 is 2.13 bits per heavy atom. The molecule has 0 saturated carbocycles. The van der Waals surface area contributed by atoms with Crippen molar-refractivity contribution in [2.45, 2.75) is 0 Å². The van der Waals surface area contributed by atoms with Crippen LogP contribution in [0.3, 0.4) is 0 Å². The second-order valence-electron chi connectivity index (χ2n) is 2.96. The van der Waals surface area contributed by atoms with E-state index in [-0.39, 0.29) is 16.9 Å². The van der Waals surface area contributed by atoms with E-state index in [1.807, 2.05) is 0 Å². The van der Waals surface area contributed by atoms with Crippen molar-refractivity contribution in [3.8, 4) is 11.1 Å². The van der Waals surface area contributed by atoms with Crippen molar-refractivity contribution in [2.24, 2.45) is 0 Å². The van der Waals surface area contributed by atoms with E-state index in [1.165, 1.54) is 0 Å². The predicted octanol–water partition coefficient (Wildman–Crippen LogP) is 2.26. The van der Waals surface area contributed by atoms with E-state index in [2.05, 4.69) is 10.2 Å². The zero-order valence-electron chi connectivity index (χ0n) is 7.47.